The lowest BCUT2D eigenvalue weighted by atomic mass is 10.1. The minimum absolute atomic E-state index is 0.136. The number of methoxy groups -OCH3 is 2. The third kappa shape index (κ3) is 6.54. The maximum absolute atomic E-state index is 6.23. The van der Waals surface area contributed by atoms with Gasteiger partial charge in [0.25, 0.3) is 0 Å². The van der Waals surface area contributed by atoms with Crippen LogP contribution in [-0.4, -0.2) is 59.3 Å². The summed E-state index contributed by atoms with van der Waals surface area (Å²) >= 11 is 6.23. The Morgan fingerprint density at radius 1 is 1.07 bits per heavy atom. The molecule has 2 aromatic carbocycles. The molecule has 7 heteroatoms. The van der Waals surface area contributed by atoms with Crippen molar-refractivity contribution >= 4 is 17.6 Å². The van der Waals surface area contributed by atoms with Gasteiger partial charge in [-0.2, -0.15) is 0 Å². The standard InChI is InChI=1S/C22H31ClN4O2/c1-24-22(25-13-12-16-8-6-7-9-18(16)23)26-15-19(27(2)3)17-10-11-20(28-4)21(14-17)29-5/h6-11,14,19H,12-13,15H2,1-5H3,(H2,24,25,26). The first-order valence-electron chi connectivity index (χ1n) is 9.56. The molecule has 0 aromatic heterocycles. The maximum Gasteiger partial charge on any atom is 0.191 e. The number of likely N-dealkylation sites (N-methyl/N-ethyl adjacent to an activating group) is 1. The molecule has 0 fully saturated rings. The Balaban J connectivity index is 1.97. The molecule has 2 rings (SSSR count). The number of hydrogen-bond donors (Lipinski definition) is 2. The van der Waals surface area contributed by atoms with Gasteiger partial charge in [0.15, 0.2) is 17.5 Å². The molecule has 0 heterocycles. The average molecular weight is 419 g/mol. The van der Waals surface area contributed by atoms with Crippen LogP contribution in [0.1, 0.15) is 17.2 Å². The van der Waals surface area contributed by atoms with Crippen molar-refractivity contribution in [1.82, 2.24) is 15.5 Å². The fourth-order valence-corrected chi connectivity index (χ4v) is 3.32. The predicted octanol–water partition coefficient (Wildman–Crippen LogP) is 3.37. The summed E-state index contributed by atoms with van der Waals surface area (Å²) in [6, 6.07) is 14.0. The highest BCUT2D eigenvalue weighted by Gasteiger charge is 2.17. The van der Waals surface area contributed by atoms with Crippen molar-refractivity contribution in [3.63, 3.8) is 0 Å². The van der Waals surface area contributed by atoms with Gasteiger partial charge in [-0.05, 0) is 49.8 Å². The number of nitrogens with zero attached hydrogens (tertiary/aromatic N) is 2. The Morgan fingerprint density at radius 2 is 1.79 bits per heavy atom. The van der Waals surface area contributed by atoms with E-state index in [1.807, 2.05) is 36.4 Å². The van der Waals surface area contributed by atoms with E-state index < -0.39 is 0 Å². The second kappa shape index (κ2) is 11.5. The molecule has 0 radical (unpaired) electrons. The summed E-state index contributed by atoms with van der Waals surface area (Å²) in [7, 11) is 9.16. The predicted molar refractivity (Wildman–Crippen MR) is 120 cm³/mol. The van der Waals surface area contributed by atoms with Gasteiger partial charge in [-0.25, -0.2) is 0 Å². The van der Waals surface area contributed by atoms with Gasteiger partial charge >= 0.3 is 0 Å². The summed E-state index contributed by atoms with van der Waals surface area (Å²) in [5, 5.41) is 7.55. The Labute approximate surface area is 178 Å². The van der Waals surface area contributed by atoms with Gasteiger partial charge < -0.3 is 25.0 Å². The largest absolute Gasteiger partial charge is 0.493 e. The van der Waals surface area contributed by atoms with Gasteiger partial charge in [-0.15, -0.1) is 0 Å². The molecule has 0 bridgehead atoms. The van der Waals surface area contributed by atoms with Crippen LogP contribution < -0.4 is 20.1 Å². The summed E-state index contributed by atoms with van der Waals surface area (Å²) < 4.78 is 10.8. The summed E-state index contributed by atoms with van der Waals surface area (Å²) in [5.74, 6) is 2.20. The van der Waals surface area contributed by atoms with E-state index >= 15 is 0 Å². The summed E-state index contributed by atoms with van der Waals surface area (Å²) in [6.45, 7) is 1.43. The van der Waals surface area contributed by atoms with Crippen LogP contribution in [0, 0.1) is 0 Å². The molecular formula is C22H31ClN4O2. The van der Waals surface area contributed by atoms with Crippen molar-refractivity contribution in [2.24, 2.45) is 4.99 Å². The highest BCUT2D eigenvalue weighted by molar-refractivity contribution is 6.31. The monoisotopic (exact) mass is 418 g/mol. The maximum atomic E-state index is 6.23. The lowest BCUT2D eigenvalue weighted by Crippen LogP contribution is -2.42. The van der Waals surface area contributed by atoms with E-state index in [4.69, 9.17) is 21.1 Å². The number of halogens is 1. The quantitative estimate of drug-likeness (QED) is 0.483. The number of ether oxygens (including phenoxy) is 2. The molecule has 0 saturated carbocycles. The lowest BCUT2D eigenvalue weighted by Gasteiger charge is -2.26. The van der Waals surface area contributed by atoms with Crippen molar-refractivity contribution in [2.45, 2.75) is 12.5 Å². The molecule has 0 saturated heterocycles. The minimum atomic E-state index is 0.136. The highest BCUT2D eigenvalue weighted by atomic mass is 35.5. The number of hydrogen-bond acceptors (Lipinski definition) is 4. The summed E-state index contributed by atoms with van der Waals surface area (Å²) in [5.41, 5.74) is 2.25. The molecular weight excluding hydrogens is 388 g/mol. The zero-order chi connectivity index (χ0) is 21.2. The van der Waals surface area contributed by atoms with Crippen molar-refractivity contribution in [3.8, 4) is 11.5 Å². The van der Waals surface area contributed by atoms with Crippen LogP contribution in [-0.2, 0) is 6.42 Å². The molecule has 2 aromatic rings. The first-order valence-corrected chi connectivity index (χ1v) is 9.94. The van der Waals surface area contributed by atoms with Crippen LogP contribution in [0.2, 0.25) is 5.02 Å². The fraction of sp³-hybridized carbons (Fsp3) is 0.409. The Kier molecular flexibility index (Phi) is 9.09. The number of rotatable bonds is 9. The molecule has 6 nitrogen and oxygen atoms in total. The first-order chi connectivity index (χ1) is 14.0. The Bertz CT molecular complexity index is 811. The van der Waals surface area contributed by atoms with Gasteiger partial charge in [-0.1, -0.05) is 35.9 Å². The van der Waals surface area contributed by atoms with Gasteiger partial charge in [0.2, 0.25) is 0 Å². The fourth-order valence-electron chi connectivity index (χ4n) is 3.09. The summed E-state index contributed by atoms with van der Waals surface area (Å²) in [6.07, 6.45) is 0.827. The Morgan fingerprint density at radius 3 is 2.41 bits per heavy atom. The zero-order valence-corrected chi connectivity index (χ0v) is 18.6. The van der Waals surface area contributed by atoms with Gasteiger partial charge in [0, 0.05) is 25.2 Å². The van der Waals surface area contributed by atoms with Crippen LogP contribution in [0.3, 0.4) is 0 Å². The second-order valence-electron chi connectivity index (χ2n) is 6.82. The Hall–Kier alpha value is -2.44. The zero-order valence-electron chi connectivity index (χ0n) is 17.8. The van der Waals surface area contributed by atoms with Crippen LogP contribution >= 0.6 is 11.6 Å². The molecule has 0 spiro atoms. The molecule has 1 atom stereocenters. The van der Waals surface area contributed by atoms with Crippen molar-refractivity contribution in [3.05, 3.63) is 58.6 Å². The molecule has 1 unspecified atom stereocenters. The second-order valence-corrected chi connectivity index (χ2v) is 7.22. The molecule has 0 aliphatic rings. The van der Waals surface area contributed by atoms with E-state index in [9.17, 15) is 0 Å². The van der Waals surface area contributed by atoms with Crippen LogP contribution in [0.4, 0.5) is 0 Å². The molecule has 0 aliphatic heterocycles. The van der Waals surface area contributed by atoms with E-state index in [0.29, 0.717) is 6.54 Å². The van der Waals surface area contributed by atoms with Crippen molar-refractivity contribution in [1.29, 1.82) is 0 Å². The van der Waals surface area contributed by atoms with Crippen LogP contribution in [0.25, 0.3) is 0 Å². The highest BCUT2D eigenvalue weighted by Crippen LogP contribution is 2.31. The van der Waals surface area contributed by atoms with Gasteiger partial charge in [0.05, 0.1) is 20.3 Å². The third-order valence-corrected chi connectivity index (χ3v) is 5.12. The third-order valence-electron chi connectivity index (χ3n) is 4.75. The lowest BCUT2D eigenvalue weighted by molar-refractivity contribution is 0.295. The molecule has 29 heavy (non-hydrogen) atoms. The van der Waals surface area contributed by atoms with Crippen molar-refractivity contribution in [2.75, 3.05) is 48.5 Å². The van der Waals surface area contributed by atoms with E-state index in [2.05, 4.69) is 40.7 Å². The van der Waals surface area contributed by atoms with E-state index in [1.54, 1.807) is 21.3 Å². The topological polar surface area (TPSA) is 58.1 Å². The number of guanidine groups is 1. The minimum Gasteiger partial charge on any atom is -0.493 e. The first kappa shape index (κ1) is 22.8. The smallest absolute Gasteiger partial charge is 0.191 e. The van der Waals surface area contributed by atoms with Crippen molar-refractivity contribution < 1.29 is 9.47 Å². The molecule has 0 aliphatic carbocycles. The number of benzene rings is 2. The molecule has 2 N–H and O–H groups in total. The van der Waals surface area contributed by atoms with Crippen LogP contribution in [0.15, 0.2) is 47.5 Å². The normalized spacial score (nSPS) is 12.6. The van der Waals surface area contributed by atoms with Gasteiger partial charge in [-0.3, -0.25) is 4.99 Å². The van der Waals surface area contributed by atoms with Gasteiger partial charge in [0.1, 0.15) is 0 Å². The molecule has 158 valence electrons. The van der Waals surface area contributed by atoms with E-state index in [1.165, 1.54) is 0 Å². The molecule has 0 amide bonds. The van der Waals surface area contributed by atoms with Crippen LogP contribution in [0.5, 0.6) is 11.5 Å². The number of nitrogens with one attached hydrogen (secondary N) is 2. The summed E-state index contributed by atoms with van der Waals surface area (Å²) in [4.78, 5) is 6.48. The van der Waals surface area contributed by atoms with E-state index in [-0.39, 0.29) is 6.04 Å². The number of aliphatic imine (C=N–C) groups is 1. The van der Waals surface area contributed by atoms with E-state index in [0.717, 1.165) is 46.6 Å². The SMILES string of the molecule is CN=C(NCCc1ccccc1Cl)NCC(c1ccc(OC)c(OC)c1)N(C)C. The average Bonchev–Trinajstić information content (AvgIpc) is 2.73.